The minimum Gasteiger partial charge on any atom is -0.450 e. The van der Waals surface area contributed by atoms with Crippen molar-refractivity contribution in [2.45, 2.75) is 63.3 Å². The molecular formula is C25H35BrN4O6S. The first kappa shape index (κ1) is 27.8. The van der Waals surface area contributed by atoms with Crippen molar-refractivity contribution in [3.05, 3.63) is 22.2 Å². The van der Waals surface area contributed by atoms with Crippen LogP contribution in [0.25, 0.3) is 0 Å². The minimum absolute atomic E-state index is 0.0628. The number of benzene rings is 1. The second-order valence-corrected chi connectivity index (χ2v) is 12.6. The second-order valence-electron chi connectivity index (χ2n) is 9.73. The van der Waals surface area contributed by atoms with Crippen molar-refractivity contribution in [1.82, 2.24) is 14.5 Å². The van der Waals surface area contributed by atoms with E-state index in [9.17, 15) is 22.8 Å². The van der Waals surface area contributed by atoms with Gasteiger partial charge in [0.1, 0.15) is 4.90 Å². The number of fused-ring (bicyclic) bond motifs is 1. The Hall–Kier alpha value is -2.18. The summed E-state index contributed by atoms with van der Waals surface area (Å²) in [4.78, 5) is 40.9. The van der Waals surface area contributed by atoms with E-state index in [-0.39, 0.29) is 35.4 Å². The fourth-order valence-corrected chi connectivity index (χ4v) is 7.80. The number of hydrogen-bond acceptors (Lipinski definition) is 6. The minimum atomic E-state index is -3.93. The van der Waals surface area contributed by atoms with Crippen LogP contribution in [0.15, 0.2) is 21.5 Å². The Morgan fingerprint density at radius 3 is 2.49 bits per heavy atom. The third kappa shape index (κ3) is 5.96. The van der Waals surface area contributed by atoms with Crippen molar-refractivity contribution in [1.29, 1.82) is 0 Å². The molecule has 3 heterocycles. The number of sulfonamides is 1. The molecule has 3 aliphatic heterocycles. The molecule has 0 aromatic heterocycles. The lowest BCUT2D eigenvalue weighted by molar-refractivity contribution is -0.127. The summed E-state index contributed by atoms with van der Waals surface area (Å²) in [6, 6.07) is 3.38. The predicted octanol–water partition coefficient (Wildman–Crippen LogP) is 2.89. The van der Waals surface area contributed by atoms with E-state index >= 15 is 0 Å². The number of anilines is 1. The molecule has 204 valence electrons. The van der Waals surface area contributed by atoms with Crippen LogP contribution in [0.3, 0.4) is 0 Å². The lowest BCUT2D eigenvalue weighted by Gasteiger charge is -2.35. The van der Waals surface area contributed by atoms with Crippen molar-refractivity contribution >= 4 is 49.5 Å². The molecule has 2 saturated heterocycles. The number of nitrogens with one attached hydrogen (secondary N) is 1. The zero-order valence-electron chi connectivity index (χ0n) is 21.4. The molecule has 10 nitrogen and oxygen atoms in total. The van der Waals surface area contributed by atoms with Gasteiger partial charge in [-0.2, -0.15) is 4.31 Å². The summed E-state index contributed by atoms with van der Waals surface area (Å²) in [5.74, 6) is -0.723. The molecule has 1 aromatic carbocycles. The highest BCUT2D eigenvalue weighted by Crippen LogP contribution is 2.39. The van der Waals surface area contributed by atoms with Gasteiger partial charge >= 0.3 is 6.09 Å². The van der Waals surface area contributed by atoms with Crippen LogP contribution in [0.4, 0.5) is 10.5 Å². The number of ether oxygens (including phenoxy) is 1. The van der Waals surface area contributed by atoms with Crippen molar-refractivity contribution < 1.29 is 27.5 Å². The van der Waals surface area contributed by atoms with Crippen molar-refractivity contribution in [3.8, 4) is 0 Å². The molecule has 37 heavy (non-hydrogen) atoms. The number of piperidine rings is 2. The molecular weight excluding hydrogens is 564 g/mol. The van der Waals surface area contributed by atoms with Gasteiger partial charge in [0, 0.05) is 49.7 Å². The third-order valence-electron chi connectivity index (χ3n) is 7.34. The first-order chi connectivity index (χ1) is 17.6. The maximum Gasteiger partial charge on any atom is 0.409 e. The largest absolute Gasteiger partial charge is 0.450 e. The Bertz CT molecular complexity index is 1150. The van der Waals surface area contributed by atoms with Gasteiger partial charge in [-0.25, -0.2) is 13.2 Å². The Labute approximate surface area is 226 Å². The molecule has 1 N–H and O–H groups in total. The molecule has 0 radical (unpaired) electrons. The normalized spacial score (nSPS) is 21.0. The maximum absolute atomic E-state index is 13.9. The number of carbonyl (C=O) groups is 3. The average Bonchev–Trinajstić information content (AvgIpc) is 3.32. The predicted molar refractivity (Wildman–Crippen MR) is 142 cm³/mol. The SMILES string of the molecule is CCOC(=O)N1CCC(NC(=O)[C@@H]2CCCN(S(=O)(=O)c3cc(Br)cc4c3N(C(=O)CC)CC4)C2)CC1. The molecule has 0 saturated carbocycles. The van der Waals surface area contributed by atoms with Crippen LogP contribution in [0, 0.1) is 5.92 Å². The van der Waals surface area contributed by atoms with E-state index in [0.717, 1.165) is 5.56 Å². The molecule has 2 fully saturated rings. The number of halogens is 1. The van der Waals surface area contributed by atoms with Crippen LogP contribution in [0.5, 0.6) is 0 Å². The monoisotopic (exact) mass is 598 g/mol. The number of carbonyl (C=O) groups excluding carboxylic acids is 3. The van der Waals surface area contributed by atoms with Crippen LogP contribution in [-0.4, -0.2) is 80.9 Å². The van der Waals surface area contributed by atoms with Crippen molar-refractivity contribution in [2.24, 2.45) is 5.92 Å². The Morgan fingerprint density at radius 1 is 1.08 bits per heavy atom. The number of rotatable bonds is 6. The van der Waals surface area contributed by atoms with Gasteiger partial charge in [-0.1, -0.05) is 22.9 Å². The number of amides is 3. The molecule has 4 rings (SSSR count). The zero-order chi connectivity index (χ0) is 26.7. The molecule has 1 atom stereocenters. The molecule has 3 aliphatic rings. The van der Waals surface area contributed by atoms with Crippen LogP contribution >= 0.6 is 15.9 Å². The maximum atomic E-state index is 13.9. The van der Waals surface area contributed by atoms with Crippen LogP contribution in [0.1, 0.15) is 51.5 Å². The number of nitrogens with zero attached hydrogens (tertiary/aromatic N) is 3. The molecule has 0 spiro atoms. The van der Waals surface area contributed by atoms with Crippen LogP contribution in [0.2, 0.25) is 0 Å². The average molecular weight is 600 g/mol. The molecule has 0 bridgehead atoms. The van der Waals surface area contributed by atoms with Gasteiger partial charge in [0.25, 0.3) is 0 Å². The fraction of sp³-hybridized carbons (Fsp3) is 0.640. The van der Waals surface area contributed by atoms with Gasteiger partial charge < -0.3 is 19.9 Å². The summed E-state index contributed by atoms with van der Waals surface area (Å²) < 4.78 is 34.8. The highest BCUT2D eigenvalue weighted by atomic mass is 79.9. The van der Waals surface area contributed by atoms with Crippen molar-refractivity contribution in [2.75, 3.05) is 44.2 Å². The van der Waals surface area contributed by atoms with E-state index in [1.54, 1.807) is 29.7 Å². The summed E-state index contributed by atoms with van der Waals surface area (Å²) in [7, 11) is -3.93. The van der Waals surface area contributed by atoms with Gasteiger partial charge in [-0.3, -0.25) is 9.59 Å². The van der Waals surface area contributed by atoms with E-state index < -0.39 is 15.9 Å². The summed E-state index contributed by atoms with van der Waals surface area (Å²) in [5, 5.41) is 3.07. The first-order valence-corrected chi connectivity index (χ1v) is 15.2. The first-order valence-electron chi connectivity index (χ1n) is 13.0. The highest BCUT2D eigenvalue weighted by molar-refractivity contribution is 9.10. The quantitative estimate of drug-likeness (QED) is 0.538. The van der Waals surface area contributed by atoms with Crippen molar-refractivity contribution in [3.63, 3.8) is 0 Å². The van der Waals surface area contributed by atoms with Gasteiger partial charge in [0.2, 0.25) is 21.8 Å². The number of likely N-dealkylation sites (tertiary alicyclic amines) is 1. The molecule has 0 aliphatic carbocycles. The zero-order valence-corrected chi connectivity index (χ0v) is 23.8. The Morgan fingerprint density at radius 2 is 1.81 bits per heavy atom. The van der Waals surface area contributed by atoms with E-state index in [0.29, 0.717) is 81.5 Å². The van der Waals surface area contributed by atoms with E-state index in [4.69, 9.17) is 4.74 Å². The standard InChI is InChI=1S/C25H35BrN4O6S/c1-3-22(31)30-13-7-17-14-19(26)15-21(23(17)30)37(34,35)29-10-5-6-18(16-29)24(32)27-20-8-11-28(12-9-20)25(33)36-4-2/h14-15,18,20H,3-13,16H2,1-2H3,(H,27,32)/t18-/m1/s1. The van der Waals surface area contributed by atoms with Gasteiger partial charge in [-0.05, 0) is 56.7 Å². The van der Waals surface area contributed by atoms with Crippen LogP contribution in [-0.2, 0) is 30.8 Å². The van der Waals surface area contributed by atoms with E-state index in [2.05, 4.69) is 21.2 Å². The molecule has 1 aromatic rings. The Balaban J connectivity index is 1.45. The van der Waals surface area contributed by atoms with Gasteiger partial charge in [-0.15, -0.1) is 0 Å². The van der Waals surface area contributed by atoms with E-state index in [1.165, 1.54) is 4.31 Å². The smallest absolute Gasteiger partial charge is 0.409 e. The lowest BCUT2D eigenvalue weighted by Crippen LogP contribution is -2.51. The molecule has 12 heteroatoms. The van der Waals surface area contributed by atoms with Gasteiger partial charge in [0.05, 0.1) is 18.2 Å². The molecule has 3 amide bonds. The Kier molecular flexibility index (Phi) is 8.80. The van der Waals surface area contributed by atoms with E-state index in [1.807, 2.05) is 6.07 Å². The number of hydrogen-bond donors (Lipinski definition) is 1. The summed E-state index contributed by atoms with van der Waals surface area (Å²) >= 11 is 3.44. The van der Waals surface area contributed by atoms with Crippen LogP contribution < -0.4 is 10.2 Å². The fourth-order valence-electron chi connectivity index (χ4n) is 5.36. The summed E-state index contributed by atoms with van der Waals surface area (Å²) in [5.41, 5.74) is 1.30. The third-order valence-corrected chi connectivity index (χ3v) is 9.67. The summed E-state index contributed by atoms with van der Waals surface area (Å²) in [6.07, 6.45) is 3.00. The molecule has 0 unspecified atom stereocenters. The highest BCUT2D eigenvalue weighted by Gasteiger charge is 2.38. The topological polar surface area (TPSA) is 116 Å². The summed E-state index contributed by atoms with van der Waals surface area (Å²) in [6.45, 7) is 5.76. The van der Waals surface area contributed by atoms with Gasteiger partial charge in [0.15, 0.2) is 0 Å². The second kappa shape index (κ2) is 11.7. The lowest BCUT2D eigenvalue weighted by atomic mass is 9.97.